The van der Waals surface area contributed by atoms with Gasteiger partial charge >= 0.3 is 0 Å². The molecule has 19 heavy (non-hydrogen) atoms. The molecular weight excluding hydrogens is 240 g/mol. The summed E-state index contributed by atoms with van der Waals surface area (Å²) in [4.78, 5) is 16.6. The topological polar surface area (TPSA) is 43.8 Å². The molecule has 2 aliphatic rings. The maximum atomic E-state index is 12.4. The summed E-state index contributed by atoms with van der Waals surface area (Å²) in [5.74, 6) is 0.259. The average molecular weight is 268 g/mol. The van der Waals surface area contributed by atoms with Gasteiger partial charge < -0.3 is 10.0 Å². The first-order chi connectivity index (χ1) is 9.18. The minimum atomic E-state index is -0.336. The van der Waals surface area contributed by atoms with Gasteiger partial charge in [0.05, 0.1) is 12.6 Å². The number of aliphatic hydroxyl groups excluding tert-OH is 1. The largest absolute Gasteiger partial charge is 0.392 e. The van der Waals surface area contributed by atoms with E-state index in [2.05, 4.69) is 4.90 Å². The second kappa shape index (κ2) is 7.25. The van der Waals surface area contributed by atoms with Crippen LogP contribution in [-0.4, -0.2) is 59.1 Å². The third-order valence-corrected chi connectivity index (χ3v) is 4.52. The van der Waals surface area contributed by atoms with Gasteiger partial charge in [0.15, 0.2) is 0 Å². The summed E-state index contributed by atoms with van der Waals surface area (Å²) in [6.07, 6.45) is 7.80. The van der Waals surface area contributed by atoms with Crippen LogP contribution in [0.5, 0.6) is 0 Å². The molecule has 1 amide bonds. The highest BCUT2D eigenvalue weighted by atomic mass is 16.3. The average Bonchev–Trinajstić information content (AvgIpc) is 2.68. The van der Waals surface area contributed by atoms with Crippen molar-refractivity contribution in [1.29, 1.82) is 0 Å². The number of hydrogen-bond acceptors (Lipinski definition) is 3. The van der Waals surface area contributed by atoms with Gasteiger partial charge in [-0.15, -0.1) is 0 Å². The molecule has 0 saturated carbocycles. The van der Waals surface area contributed by atoms with E-state index in [4.69, 9.17) is 0 Å². The van der Waals surface area contributed by atoms with Crippen molar-refractivity contribution in [3.05, 3.63) is 0 Å². The molecule has 110 valence electrons. The molecule has 0 spiro atoms. The minimum Gasteiger partial charge on any atom is -0.392 e. The first-order valence-electron chi connectivity index (χ1n) is 7.88. The summed E-state index contributed by atoms with van der Waals surface area (Å²) < 4.78 is 0. The molecule has 0 bridgehead atoms. The van der Waals surface area contributed by atoms with Crippen LogP contribution in [0.2, 0.25) is 0 Å². The van der Waals surface area contributed by atoms with Crippen molar-refractivity contribution in [1.82, 2.24) is 9.80 Å². The van der Waals surface area contributed by atoms with E-state index in [1.54, 1.807) is 0 Å². The molecule has 2 heterocycles. The van der Waals surface area contributed by atoms with Crippen molar-refractivity contribution in [2.24, 2.45) is 0 Å². The number of amides is 1. The summed E-state index contributed by atoms with van der Waals surface area (Å²) >= 11 is 0. The van der Waals surface area contributed by atoms with Gasteiger partial charge in [0.25, 0.3) is 0 Å². The Morgan fingerprint density at radius 3 is 2.37 bits per heavy atom. The van der Waals surface area contributed by atoms with Gasteiger partial charge in [-0.1, -0.05) is 19.3 Å². The second-order valence-corrected chi connectivity index (χ2v) is 6.07. The molecule has 0 aromatic heterocycles. The minimum absolute atomic E-state index is 0.171. The van der Waals surface area contributed by atoms with Gasteiger partial charge in [-0.05, 0) is 39.2 Å². The first-order valence-corrected chi connectivity index (χ1v) is 7.88. The normalized spacial score (nSPS) is 27.9. The lowest BCUT2D eigenvalue weighted by molar-refractivity contribution is -0.134. The van der Waals surface area contributed by atoms with Crippen molar-refractivity contribution >= 4 is 5.91 Å². The van der Waals surface area contributed by atoms with E-state index in [0.717, 1.165) is 45.3 Å². The third-order valence-electron chi connectivity index (χ3n) is 4.52. The molecule has 0 aromatic rings. The van der Waals surface area contributed by atoms with Gasteiger partial charge in [-0.25, -0.2) is 0 Å². The number of hydrogen-bond donors (Lipinski definition) is 1. The van der Waals surface area contributed by atoms with Gasteiger partial charge in [-0.2, -0.15) is 0 Å². The fraction of sp³-hybridized carbons (Fsp3) is 0.933. The van der Waals surface area contributed by atoms with E-state index in [9.17, 15) is 9.90 Å². The highest BCUT2D eigenvalue weighted by Crippen LogP contribution is 2.20. The molecule has 2 saturated heterocycles. The van der Waals surface area contributed by atoms with Gasteiger partial charge in [0, 0.05) is 19.1 Å². The number of aliphatic hydroxyl groups is 1. The maximum Gasteiger partial charge on any atom is 0.236 e. The first kappa shape index (κ1) is 14.8. The number of carbonyl (C=O) groups is 1. The molecular formula is C15H28N2O2. The molecule has 4 nitrogen and oxygen atoms in total. The highest BCUT2D eigenvalue weighted by molar-refractivity contribution is 5.78. The van der Waals surface area contributed by atoms with Crippen molar-refractivity contribution < 1.29 is 9.90 Å². The molecule has 2 unspecified atom stereocenters. The molecule has 0 aliphatic carbocycles. The summed E-state index contributed by atoms with van der Waals surface area (Å²) in [6, 6.07) is 0.171. The number of rotatable bonds is 3. The molecule has 2 rings (SSSR count). The lowest BCUT2D eigenvalue weighted by Crippen LogP contribution is -2.50. The molecule has 0 radical (unpaired) electrons. The number of nitrogens with zero attached hydrogens (tertiary/aromatic N) is 2. The van der Waals surface area contributed by atoms with E-state index in [-0.39, 0.29) is 18.1 Å². The van der Waals surface area contributed by atoms with E-state index >= 15 is 0 Å². The van der Waals surface area contributed by atoms with Crippen molar-refractivity contribution in [3.63, 3.8) is 0 Å². The van der Waals surface area contributed by atoms with Crippen LogP contribution in [0.1, 0.15) is 51.9 Å². The standard InChI is InChI=1S/C15H28N2O2/c1-13(18)14-8-4-7-11-17(14)12-15(19)16-9-5-2-3-6-10-16/h13-14,18H,2-12H2,1H3. The van der Waals surface area contributed by atoms with Crippen LogP contribution < -0.4 is 0 Å². The summed E-state index contributed by atoms with van der Waals surface area (Å²) in [5.41, 5.74) is 0. The molecule has 2 atom stereocenters. The fourth-order valence-electron chi connectivity index (χ4n) is 3.35. The summed E-state index contributed by atoms with van der Waals surface area (Å²) in [5, 5.41) is 9.85. The monoisotopic (exact) mass is 268 g/mol. The fourth-order valence-corrected chi connectivity index (χ4v) is 3.35. The SMILES string of the molecule is CC(O)C1CCCCN1CC(=O)N1CCCCCC1. The second-order valence-electron chi connectivity index (χ2n) is 6.07. The Kier molecular flexibility index (Phi) is 5.64. The van der Waals surface area contributed by atoms with E-state index < -0.39 is 0 Å². The Bertz CT molecular complexity index is 286. The van der Waals surface area contributed by atoms with Crippen LogP contribution in [0.3, 0.4) is 0 Å². The van der Waals surface area contributed by atoms with Gasteiger partial charge in [0.1, 0.15) is 0 Å². The predicted molar refractivity (Wildman–Crippen MR) is 75.9 cm³/mol. The van der Waals surface area contributed by atoms with Crippen LogP contribution in [0.15, 0.2) is 0 Å². The Balaban J connectivity index is 1.88. The van der Waals surface area contributed by atoms with Gasteiger partial charge in [0.2, 0.25) is 5.91 Å². The lowest BCUT2D eigenvalue weighted by atomic mass is 9.98. The van der Waals surface area contributed by atoms with Crippen molar-refractivity contribution in [2.75, 3.05) is 26.2 Å². The quantitative estimate of drug-likeness (QED) is 0.846. The van der Waals surface area contributed by atoms with Gasteiger partial charge in [-0.3, -0.25) is 9.69 Å². The van der Waals surface area contributed by atoms with E-state index in [0.29, 0.717) is 6.54 Å². The number of carbonyl (C=O) groups excluding carboxylic acids is 1. The Hall–Kier alpha value is -0.610. The summed E-state index contributed by atoms with van der Waals surface area (Å²) in [6.45, 7) is 5.14. The molecule has 2 aliphatic heterocycles. The van der Waals surface area contributed by atoms with Crippen LogP contribution in [0.4, 0.5) is 0 Å². The number of piperidine rings is 1. The molecule has 2 fully saturated rings. The van der Waals surface area contributed by atoms with E-state index in [1.165, 1.54) is 19.3 Å². The van der Waals surface area contributed by atoms with Crippen molar-refractivity contribution in [2.45, 2.75) is 64.0 Å². The van der Waals surface area contributed by atoms with E-state index in [1.807, 2.05) is 11.8 Å². The zero-order valence-corrected chi connectivity index (χ0v) is 12.2. The Morgan fingerprint density at radius 1 is 1.11 bits per heavy atom. The van der Waals surface area contributed by atoms with Crippen LogP contribution >= 0.6 is 0 Å². The smallest absolute Gasteiger partial charge is 0.236 e. The number of likely N-dealkylation sites (tertiary alicyclic amines) is 2. The molecule has 1 N–H and O–H groups in total. The summed E-state index contributed by atoms with van der Waals surface area (Å²) in [7, 11) is 0. The van der Waals surface area contributed by atoms with Crippen molar-refractivity contribution in [3.8, 4) is 0 Å². The predicted octanol–water partition coefficient (Wildman–Crippen LogP) is 1.62. The zero-order chi connectivity index (χ0) is 13.7. The van der Waals surface area contributed by atoms with Crippen LogP contribution in [0.25, 0.3) is 0 Å². The molecule has 4 heteroatoms. The van der Waals surface area contributed by atoms with Crippen LogP contribution in [-0.2, 0) is 4.79 Å². The highest BCUT2D eigenvalue weighted by Gasteiger charge is 2.29. The zero-order valence-electron chi connectivity index (χ0n) is 12.2. The third kappa shape index (κ3) is 4.18. The molecule has 0 aromatic carbocycles. The maximum absolute atomic E-state index is 12.4. The lowest BCUT2D eigenvalue weighted by Gasteiger charge is -2.38. The van der Waals surface area contributed by atoms with Crippen LogP contribution in [0, 0.1) is 0 Å². The Morgan fingerprint density at radius 2 is 1.74 bits per heavy atom. The Labute approximate surface area is 116 Å².